The van der Waals surface area contributed by atoms with E-state index in [1.54, 1.807) is 6.20 Å². The van der Waals surface area contributed by atoms with Crippen LogP contribution in [0.5, 0.6) is 0 Å². The Morgan fingerprint density at radius 3 is 2.52 bits per heavy atom. The summed E-state index contributed by atoms with van der Waals surface area (Å²) in [5.74, 6) is 0.613. The molecule has 1 saturated heterocycles. The van der Waals surface area contributed by atoms with E-state index in [1.807, 2.05) is 11.8 Å². The zero-order chi connectivity index (χ0) is 23.8. The fourth-order valence-corrected chi connectivity index (χ4v) is 6.86. The number of aliphatic hydroxyl groups excluding tert-OH is 1. The van der Waals surface area contributed by atoms with Gasteiger partial charge in [0, 0.05) is 37.4 Å². The summed E-state index contributed by atoms with van der Waals surface area (Å²) in [6.07, 6.45) is 9.89. The minimum Gasteiger partial charge on any atom is -0.392 e. The fourth-order valence-electron chi connectivity index (χ4n) is 6.86. The Kier molecular flexibility index (Phi) is 7.08. The van der Waals surface area contributed by atoms with Crippen LogP contribution < -0.4 is 5.32 Å². The molecule has 2 amide bonds. The largest absolute Gasteiger partial charge is 0.392 e. The van der Waals surface area contributed by atoms with E-state index >= 15 is 0 Å². The second-order valence-electron chi connectivity index (χ2n) is 11.2. The number of nitrogens with one attached hydrogen (secondary N) is 1. The van der Waals surface area contributed by atoms with E-state index in [0.29, 0.717) is 11.6 Å². The standard InChI is InChI=1S/C26H40N4O3/c1-16-7-13-30(14-8-16)25(33)17(2)19-5-9-26(4)10-6-20(18(3)22(26)23(19)31)29-24(32)21-15-27-11-12-28-21/h11-12,15-20,22-23,31H,5-10,13-14H2,1-4H3,(H,29,32)/t17-,18+,19+,20-,22+,23-,26-/m0/s1. The molecule has 1 aromatic rings. The monoisotopic (exact) mass is 456 g/mol. The quantitative estimate of drug-likeness (QED) is 0.725. The molecular formula is C26H40N4O3. The third-order valence-corrected chi connectivity index (χ3v) is 9.13. The highest BCUT2D eigenvalue weighted by Gasteiger charge is 2.54. The summed E-state index contributed by atoms with van der Waals surface area (Å²) >= 11 is 0. The second kappa shape index (κ2) is 9.69. The first-order valence-corrected chi connectivity index (χ1v) is 12.7. The van der Waals surface area contributed by atoms with Crippen LogP contribution in [-0.2, 0) is 4.79 Å². The number of piperidine rings is 1. The van der Waals surface area contributed by atoms with Gasteiger partial charge in [-0.2, -0.15) is 0 Å². The maximum atomic E-state index is 13.3. The maximum absolute atomic E-state index is 13.3. The minimum absolute atomic E-state index is 0.0272. The number of likely N-dealkylation sites (tertiary alicyclic amines) is 1. The minimum atomic E-state index is -0.544. The number of rotatable bonds is 4. The molecule has 0 aromatic carbocycles. The van der Waals surface area contributed by atoms with Crippen molar-refractivity contribution in [1.82, 2.24) is 20.2 Å². The van der Waals surface area contributed by atoms with Crippen LogP contribution in [0.4, 0.5) is 0 Å². The summed E-state index contributed by atoms with van der Waals surface area (Å²) in [5.41, 5.74) is 0.349. The third-order valence-electron chi connectivity index (χ3n) is 9.13. The molecule has 1 aliphatic heterocycles. The first kappa shape index (κ1) is 24.1. The van der Waals surface area contributed by atoms with E-state index in [1.165, 1.54) is 12.4 Å². The van der Waals surface area contributed by atoms with Gasteiger partial charge in [-0.3, -0.25) is 14.6 Å². The summed E-state index contributed by atoms with van der Waals surface area (Å²) in [7, 11) is 0. The van der Waals surface area contributed by atoms with Crippen molar-refractivity contribution in [1.29, 1.82) is 0 Å². The highest BCUT2D eigenvalue weighted by Crippen LogP contribution is 2.55. The molecule has 0 radical (unpaired) electrons. The van der Waals surface area contributed by atoms with Crippen LogP contribution in [-0.4, -0.2) is 57.0 Å². The highest BCUT2D eigenvalue weighted by atomic mass is 16.3. The van der Waals surface area contributed by atoms with Crippen LogP contribution in [0.15, 0.2) is 18.6 Å². The fraction of sp³-hybridized carbons (Fsp3) is 0.769. The average molecular weight is 457 g/mol. The molecule has 1 aromatic heterocycles. The molecule has 33 heavy (non-hydrogen) atoms. The van der Waals surface area contributed by atoms with Crippen LogP contribution >= 0.6 is 0 Å². The molecule has 0 spiro atoms. The van der Waals surface area contributed by atoms with Gasteiger partial charge in [-0.25, -0.2) is 4.98 Å². The number of hydrogen-bond donors (Lipinski definition) is 2. The summed E-state index contributed by atoms with van der Waals surface area (Å²) in [6, 6.07) is -0.0272. The second-order valence-corrected chi connectivity index (χ2v) is 11.2. The number of aliphatic hydroxyl groups is 1. The zero-order valence-electron chi connectivity index (χ0n) is 20.5. The number of carbonyl (C=O) groups is 2. The smallest absolute Gasteiger partial charge is 0.271 e. The number of aromatic nitrogens is 2. The zero-order valence-corrected chi connectivity index (χ0v) is 20.5. The lowest BCUT2D eigenvalue weighted by Gasteiger charge is -2.56. The van der Waals surface area contributed by atoms with Gasteiger partial charge in [-0.15, -0.1) is 0 Å². The molecule has 2 aliphatic carbocycles. The predicted octanol–water partition coefficient (Wildman–Crippen LogP) is 3.29. The topological polar surface area (TPSA) is 95.4 Å². The third kappa shape index (κ3) is 4.79. The number of nitrogens with zero attached hydrogens (tertiary/aromatic N) is 3. The van der Waals surface area contributed by atoms with Gasteiger partial charge in [0.25, 0.3) is 5.91 Å². The molecule has 3 aliphatic rings. The molecule has 7 atom stereocenters. The number of carbonyl (C=O) groups excluding carboxylic acids is 2. The van der Waals surface area contributed by atoms with Crippen LogP contribution in [0, 0.1) is 35.0 Å². The van der Waals surface area contributed by atoms with Gasteiger partial charge in [-0.05, 0) is 67.6 Å². The predicted molar refractivity (Wildman–Crippen MR) is 126 cm³/mol. The normalized spacial score (nSPS) is 36.0. The van der Waals surface area contributed by atoms with Crippen molar-refractivity contribution in [3.05, 3.63) is 24.3 Å². The lowest BCUT2D eigenvalue weighted by atomic mass is 9.51. The van der Waals surface area contributed by atoms with E-state index in [-0.39, 0.29) is 46.9 Å². The van der Waals surface area contributed by atoms with E-state index in [2.05, 4.69) is 36.1 Å². The molecule has 7 nitrogen and oxygen atoms in total. The Morgan fingerprint density at radius 2 is 1.85 bits per heavy atom. The summed E-state index contributed by atoms with van der Waals surface area (Å²) < 4.78 is 0. The molecule has 2 saturated carbocycles. The van der Waals surface area contributed by atoms with Crippen molar-refractivity contribution in [2.45, 2.75) is 78.4 Å². The highest BCUT2D eigenvalue weighted by molar-refractivity contribution is 5.92. The van der Waals surface area contributed by atoms with Gasteiger partial charge in [0.15, 0.2) is 0 Å². The van der Waals surface area contributed by atoms with Gasteiger partial charge in [0.1, 0.15) is 5.69 Å². The summed E-state index contributed by atoms with van der Waals surface area (Å²) in [6.45, 7) is 10.4. The van der Waals surface area contributed by atoms with Crippen molar-refractivity contribution < 1.29 is 14.7 Å². The molecule has 4 rings (SSSR count). The molecule has 0 unspecified atom stereocenters. The van der Waals surface area contributed by atoms with Crippen LogP contribution in [0.25, 0.3) is 0 Å². The van der Waals surface area contributed by atoms with Crippen molar-refractivity contribution in [3.63, 3.8) is 0 Å². The molecule has 182 valence electrons. The van der Waals surface area contributed by atoms with E-state index in [0.717, 1.165) is 51.6 Å². The van der Waals surface area contributed by atoms with E-state index < -0.39 is 6.10 Å². The molecule has 0 bridgehead atoms. The van der Waals surface area contributed by atoms with Gasteiger partial charge in [0.2, 0.25) is 5.91 Å². The lowest BCUT2D eigenvalue weighted by Crippen LogP contribution is -2.58. The molecular weight excluding hydrogens is 416 g/mol. The number of hydrogen-bond acceptors (Lipinski definition) is 5. The van der Waals surface area contributed by atoms with Gasteiger partial charge < -0.3 is 15.3 Å². The van der Waals surface area contributed by atoms with Crippen molar-refractivity contribution in [2.75, 3.05) is 13.1 Å². The Hall–Kier alpha value is -2.02. The molecule has 2 N–H and O–H groups in total. The van der Waals surface area contributed by atoms with Crippen molar-refractivity contribution >= 4 is 11.8 Å². The molecule has 7 heteroatoms. The van der Waals surface area contributed by atoms with Crippen LogP contribution in [0.3, 0.4) is 0 Å². The Labute approximate surface area is 197 Å². The summed E-state index contributed by atoms with van der Waals surface area (Å²) in [4.78, 5) is 36.1. The van der Waals surface area contributed by atoms with Gasteiger partial charge in [0.05, 0.1) is 12.3 Å². The Bertz CT molecular complexity index is 841. The van der Waals surface area contributed by atoms with Crippen LogP contribution in [0.1, 0.15) is 76.7 Å². The SMILES string of the molecule is CC1CCN(C(=O)[C@@H](C)[C@H]2CC[C@@]3(C)CC[C@H](NC(=O)c4cnccn4)[C@@H](C)[C@@H]3[C@H]2O)CC1. The summed E-state index contributed by atoms with van der Waals surface area (Å²) in [5, 5.41) is 14.8. The maximum Gasteiger partial charge on any atom is 0.271 e. The molecule has 2 heterocycles. The van der Waals surface area contributed by atoms with E-state index in [9.17, 15) is 14.7 Å². The van der Waals surface area contributed by atoms with Gasteiger partial charge >= 0.3 is 0 Å². The number of fused-ring (bicyclic) bond motifs is 1. The Balaban J connectivity index is 1.45. The van der Waals surface area contributed by atoms with Crippen LogP contribution in [0.2, 0.25) is 0 Å². The average Bonchev–Trinajstić information content (AvgIpc) is 2.81. The first-order chi connectivity index (χ1) is 15.7. The van der Waals surface area contributed by atoms with Gasteiger partial charge in [-0.1, -0.05) is 27.7 Å². The van der Waals surface area contributed by atoms with E-state index in [4.69, 9.17) is 0 Å². The lowest BCUT2D eigenvalue weighted by molar-refractivity contribution is -0.151. The number of amides is 2. The first-order valence-electron chi connectivity index (χ1n) is 12.7. The Morgan fingerprint density at radius 1 is 1.15 bits per heavy atom. The molecule has 3 fully saturated rings. The van der Waals surface area contributed by atoms with Crippen molar-refractivity contribution in [2.24, 2.45) is 35.0 Å². The van der Waals surface area contributed by atoms with Crippen molar-refractivity contribution in [3.8, 4) is 0 Å².